The lowest BCUT2D eigenvalue weighted by Gasteiger charge is -2.42. The number of esters is 1. The summed E-state index contributed by atoms with van der Waals surface area (Å²) in [5.41, 5.74) is 0. The molecule has 0 aliphatic carbocycles. The van der Waals surface area contributed by atoms with Gasteiger partial charge in [0.05, 0.1) is 26.4 Å². The van der Waals surface area contributed by atoms with E-state index in [1.807, 2.05) is 0 Å². The van der Waals surface area contributed by atoms with Crippen molar-refractivity contribution in [3.05, 3.63) is 60.8 Å². The fourth-order valence-corrected chi connectivity index (χ4v) is 8.14. The molecular formula is C55H96O14. The second-order valence-corrected chi connectivity index (χ2v) is 18.7. The maximum atomic E-state index is 13.0. The van der Waals surface area contributed by atoms with Gasteiger partial charge in [-0.1, -0.05) is 164 Å². The molecule has 11 atom stereocenters. The minimum Gasteiger partial charge on any atom is -0.457 e. The fraction of sp³-hybridized carbons (Fsp3) is 0.800. The third kappa shape index (κ3) is 29.7. The molecule has 2 aliphatic heterocycles. The molecule has 7 N–H and O–H groups in total. The van der Waals surface area contributed by atoms with Crippen molar-refractivity contribution in [2.75, 3.05) is 33.0 Å². The molecule has 0 amide bonds. The van der Waals surface area contributed by atoms with Crippen molar-refractivity contribution in [2.24, 2.45) is 0 Å². The monoisotopic (exact) mass is 981 g/mol. The van der Waals surface area contributed by atoms with Gasteiger partial charge in [0.2, 0.25) is 0 Å². The molecule has 0 aromatic heterocycles. The summed E-state index contributed by atoms with van der Waals surface area (Å²) in [5, 5.41) is 72.2. The molecule has 2 aliphatic rings. The van der Waals surface area contributed by atoms with Crippen LogP contribution in [0.5, 0.6) is 0 Å². The van der Waals surface area contributed by atoms with Crippen LogP contribution in [0.1, 0.15) is 181 Å². The Balaban J connectivity index is 1.72. The largest absolute Gasteiger partial charge is 0.457 e. The average Bonchev–Trinajstić information content (AvgIpc) is 3.35. The second-order valence-electron chi connectivity index (χ2n) is 18.7. The summed E-state index contributed by atoms with van der Waals surface area (Å²) in [6.45, 7) is 3.52. The van der Waals surface area contributed by atoms with E-state index in [-0.39, 0.29) is 25.6 Å². The Bertz CT molecular complexity index is 1370. The van der Waals surface area contributed by atoms with Crippen LogP contribution in [0.3, 0.4) is 0 Å². The number of allylic oxidation sites excluding steroid dienone is 10. The number of aliphatic hydroxyl groups excluding tert-OH is 7. The Morgan fingerprint density at radius 2 is 0.942 bits per heavy atom. The maximum absolute atomic E-state index is 13.0. The topological polar surface area (TPSA) is 214 Å². The van der Waals surface area contributed by atoms with E-state index >= 15 is 0 Å². The standard InChI is InChI=1S/C55H96O14/c1-3-5-7-9-11-13-15-17-18-19-20-21-22-23-24-25-26-27-28-30-32-34-36-38-47(57)67-44(41-64-39-37-35-33-31-29-16-14-12-10-8-6-4-2)42-65-54-53(63)51(61)49(59)46(69-54)43-66-55-52(62)50(60)48(58)45(40-56)68-55/h5,7,10-13,17-18,20-21,44-46,48-56,58-63H,3-4,6,8-9,14-16,19,22-43H2,1-2H3/b7-5-,12-10-,13-11-,18-17-,21-20-. The highest BCUT2D eigenvalue weighted by molar-refractivity contribution is 5.69. The minimum atomic E-state index is -1.71. The van der Waals surface area contributed by atoms with E-state index in [2.05, 4.69) is 74.6 Å². The lowest BCUT2D eigenvalue weighted by atomic mass is 9.98. The van der Waals surface area contributed by atoms with Crippen LogP contribution in [0, 0.1) is 0 Å². The molecular weight excluding hydrogens is 885 g/mol. The summed E-state index contributed by atoms with van der Waals surface area (Å²) in [6, 6.07) is 0. The number of hydrogen-bond donors (Lipinski definition) is 7. The Labute approximate surface area is 415 Å². The normalized spacial score (nSPS) is 26.2. The summed E-state index contributed by atoms with van der Waals surface area (Å²) >= 11 is 0. The van der Waals surface area contributed by atoms with Gasteiger partial charge in [0, 0.05) is 13.0 Å². The zero-order valence-electron chi connectivity index (χ0n) is 42.5. The van der Waals surface area contributed by atoms with Crippen molar-refractivity contribution in [3.8, 4) is 0 Å². The number of aliphatic hydroxyl groups is 7. The molecule has 0 aromatic carbocycles. The van der Waals surface area contributed by atoms with Crippen LogP contribution >= 0.6 is 0 Å². The molecule has 2 saturated heterocycles. The first-order valence-corrected chi connectivity index (χ1v) is 26.9. The summed E-state index contributed by atoms with van der Waals surface area (Å²) < 4.78 is 34.3. The van der Waals surface area contributed by atoms with E-state index in [0.29, 0.717) is 13.0 Å². The van der Waals surface area contributed by atoms with Crippen LogP contribution in [0.2, 0.25) is 0 Å². The van der Waals surface area contributed by atoms with Gasteiger partial charge in [-0.15, -0.1) is 0 Å². The van der Waals surface area contributed by atoms with E-state index in [1.165, 1.54) is 70.6 Å². The van der Waals surface area contributed by atoms with E-state index in [9.17, 15) is 40.5 Å². The van der Waals surface area contributed by atoms with Crippen molar-refractivity contribution in [2.45, 2.75) is 248 Å². The summed E-state index contributed by atoms with van der Waals surface area (Å²) in [6.07, 6.45) is 34.2. The lowest BCUT2D eigenvalue weighted by Crippen LogP contribution is -2.61. The number of unbranched alkanes of at least 4 members (excludes halogenated alkanes) is 18. The third-order valence-electron chi connectivity index (χ3n) is 12.5. The van der Waals surface area contributed by atoms with E-state index in [1.54, 1.807) is 0 Å². The van der Waals surface area contributed by atoms with Crippen LogP contribution in [0.15, 0.2) is 60.8 Å². The predicted molar refractivity (Wildman–Crippen MR) is 270 cm³/mol. The van der Waals surface area contributed by atoms with E-state index in [0.717, 1.165) is 83.5 Å². The highest BCUT2D eigenvalue weighted by atomic mass is 16.7. The first-order valence-electron chi connectivity index (χ1n) is 26.9. The van der Waals surface area contributed by atoms with Crippen LogP contribution in [0.25, 0.3) is 0 Å². The van der Waals surface area contributed by atoms with Gasteiger partial charge in [0.15, 0.2) is 12.6 Å². The summed E-state index contributed by atoms with van der Waals surface area (Å²) in [7, 11) is 0. The first-order chi connectivity index (χ1) is 33.6. The number of rotatable bonds is 42. The smallest absolute Gasteiger partial charge is 0.306 e. The number of carbonyl (C=O) groups excluding carboxylic acids is 1. The van der Waals surface area contributed by atoms with Gasteiger partial charge in [-0.25, -0.2) is 0 Å². The van der Waals surface area contributed by atoms with Crippen LogP contribution in [0.4, 0.5) is 0 Å². The predicted octanol–water partition coefficient (Wildman–Crippen LogP) is 8.52. The lowest BCUT2D eigenvalue weighted by molar-refractivity contribution is -0.332. The molecule has 14 nitrogen and oxygen atoms in total. The molecule has 2 heterocycles. The molecule has 69 heavy (non-hydrogen) atoms. The highest BCUT2D eigenvalue weighted by Crippen LogP contribution is 2.26. The molecule has 400 valence electrons. The first kappa shape index (κ1) is 62.8. The second kappa shape index (κ2) is 42.2. The van der Waals surface area contributed by atoms with Crippen molar-refractivity contribution >= 4 is 5.97 Å². The van der Waals surface area contributed by atoms with Crippen molar-refractivity contribution < 1.29 is 69.0 Å². The molecule has 0 radical (unpaired) electrons. The van der Waals surface area contributed by atoms with E-state index < -0.39 is 80.7 Å². The van der Waals surface area contributed by atoms with Crippen molar-refractivity contribution in [3.63, 3.8) is 0 Å². The van der Waals surface area contributed by atoms with E-state index in [4.69, 9.17) is 28.4 Å². The van der Waals surface area contributed by atoms with Gasteiger partial charge < -0.3 is 64.2 Å². The quantitative estimate of drug-likeness (QED) is 0.0174. The zero-order chi connectivity index (χ0) is 50.2. The maximum Gasteiger partial charge on any atom is 0.306 e. The molecule has 0 bridgehead atoms. The van der Waals surface area contributed by atoms with Gasteiger partial charge in [0.1, 0.15) is 54.9 Å². The Hall–Kier alpha value is -2.31. The van der Waals surface area contributed by atoms with Crippen molar-refractivity contribution in [1.82, 2.24) is 0 Å². The Morgan fingerprint density at radius 1 is 0.493 bits per heavy atom. The van der Waals surface area contributed by atoms with Gasteiger partial charge >= 0.3 is 5.97 Å². The highest BCUT2D eigenvalue weighted by Gasteiger charge is 2.47. The fourth-order valence-electron chi connectivity index (χ4n) is 8.14. The number of carbonyl (C=O) groups is 1. The molecule has 0 aromatic rings. The van der Waals surface area contributed by atoms with Gasteiger partial charge in [-0.3, -0.25) is 4.79 Å². The molecule has 0 saturated carbocycles. The average molecular weight is 981 g/mol. The minimum absolute atomic E-state index is 0.0538. The molecule has 0 spiro atoms. The summed E-state index contributed by atoms with van der Waals surface area (Å²) in [5.74, 6) is -0.385. The zero-order valence-corrected chi connectivity index (χ0v) is 42.5. The molecule has 2 fully saturated rings. The van der Waals surface area contributed by atoms with Crippen LogP contribution in [-0.2, 0) is 33.2 Å². The molecule has 11 unspecified atom stereocenters. The Morgan fingerprint density at radius 3 is 1.49 bits per heavy atom. The van der Waals surface area contributed by atoms with Gasteiger partial charge in [-0.05, 0) is 70.6 Å². The Kier molecular flexibility index (Phi) is 38.4. The molecule has 2 rings (SSSR count). The number of ether oxygens (including phenoxy) is 6. The molecule has 14 heteroatoms. The van der Waals surface area contributed by atoms with Crippen LogP contribution < -0.4 is 0 Å². The third-order valence-corrected chi connectivity index (χ3v) is 12.5. The van der Waals surface area contributed by atoms with Gasteiger partial charge in [0.25, 0.3) is 0 Å². The van der Waals surface area contributed by atoms with Gasteiger partial charge in [-0.2, -0.15) is 0 Å². The summed E-state index contributed by atoms with van der Waals surface area (Å²) in [4.78, 5) is 13.0. The SMILES string of the molecule is CC/C=C\C/C=C\C/C=C\C/C=C\CCCCCCCCCCCCC(=O)OC(COCCCCCCCC/C=C\CCCC)COC1OC(COC2OC(CO)C(O)C(O)C2O)C(O)C(O)C1O. The number of hydrogen-bond acceptors (Lipinski definition) is 14. The van der Waals surface area contributed by atoms with Crippen LogP contribution in [-0.4, -0.2) is 142 Å². The van der Waals surface area contributed by atoms with Crippen molar-refractivity contribution in [1.29, 1.82) is 0 Å².